The van der Waals surface area contributed by atoms with Crippen molar-refractivity contribution in [3.63, 3.8) is 0 Å². The van der Waals surface area contributed by atoms with Crippen LogP contribution in [0, 0.1) is 5.92 Å². The predicted molar refractivity (Wildman–Crippen MR) is 62.7 cm³/mol. The molecule has 5 heteroatoms. The molecule has 17 heavy (non-hydrogen) atoms. The van der Waals surface area contributed by atoms with Gasteiger partial charge in [-0.3, -0.25) is 4.79 Å². The summed E-state index contributed by atoms with van der Waals surface area (Å²) in [6.07, 6.45) is 3.29. The van der Waals surface area contributed by atoms with E-state index in [1.165, 1.54) is 4.90 Å². The largest absolute Gasteiger partial charge is 0.481 e. The van der Waals surface area contributed by atoms with Gasteiger partial charge in [-0.15, -0.1) is 0 Å². The van der Waals surface area contributed by atoms with Gasteiger partial charge in [0.2, 0.25) is 0 Å². The van der Waals surface area contributed by atoms with Gasteiger partial charge in [-0.05, 0) is 20.8 Å². The number of rotatable bonds is 2. The summed E-state index contributed by atoms with van der Waals surface area (Å²) in [7, 11) is 0. The van der Waals surface area contributed by atoms with Crippen LogP contribution in [0.3, 0.4) is 0 Å². The van der Waals surface area contributed by atoms with Gasteiger partial charge in [-0.1, -0.05) is 12.2 Å². The monoisotopic (exact) mass is 241 g/mol. The molecule has 0 saturated carbocycles. The second kappa shape index (κ2) is 5.21. The highest BCUT2D eigenvalue weighted by Crippen LogP contribution is 2.16. The van der Waals surface area contributed by atoms with E-state index in [1.54, 1.807) is 26.8 Å². The smallest absolute Gasteiger partial charge is 0.410 e. The Hall–Kier alpha value is -1.52. The molecule has 0 saturated heterocycles. The van der Waals surface area contributed by atoms with E-state index in [9.17, 15) is 9.59 Å². The number of hydrogen-bond acceptors (Lipinski definition) is 3. The zero-order valence-electron chi connectivity index (χ0n) is 10.5. The summed E-state index contributed by atoms with van der Waals surface area (Å²) in [5, 5.41) is 8.71. The maximum Gasteiger partial charge on any atom is 0.410 e. The Morgan fingerprint density at radius 3 is 2.65 bits per heavy atom. The van der Waals surface area contributed by atoms with Crippen LogP contribution in [0.2, 0.25) is 0 Å². The third kappa shape index (κ3) is 4.89. The fourth-order valence-electron chi connectivity index (χ4n) is 1.63. The lowest BCUT2D eigenvalue weighted by Gasteiger charge is -2.30. The molecular weight excluding hydrogens is 222 g/mol. The van der Waals surface area contributed by atoms with Crippen LogP contribution in [0.4, 0.5) is 4.79 Å². The Balaban J connectivity index is 2.54. The van der Waals surface area contributed by atoms with Gasteiger partial charge < -0.3 is 14.7 Å². The van der Waals surface area contributed by atoms with Crippen molar-refractivity contribution >= 4 is 12.1 Å². The molecule has 0 fully saturated rings. The molecule has 0 aromatic carbocycles. The molecule has 1 amide bonds. The number of carbonyl (C=O) groups is 2. The van der Waals surface area contributed by atoms with Gasteiger partial charge >= 0.3 is 12.1 Å². The number of amides is 1. The third-order valence-electron chi connectivity index (χ3n) is 2.28. The lowest BCUT2D eigenvalue weighted by molar-refractivity contribution is -0.137. The molecule has 0 aromatic heterocycles. The fourth-order valence-corrected chi connectivity index (χ4v) is 1.63. The maximum atomic E-state index is 11.8. The minimum atomic E-state index is -0.856. The zero-order valence-corrected chi connectivity index (χ0v) is 10.5. The first-order chi connectivity index (χ1) is 7.78. The molecule has 1 aliphatic rings. The number of hydrogen-bond donors (Lipinski definition) is 1. The highest BCUT2D eigenvalue weighted by atomic mass is 16.6. The van der Waals surface area contributed by atoms with E-state index in [0.717, 1.165) is 0 Å². The standard InChI is InChI=1S/C12H19NO4/c1-12(2,3)17-11(16)13-6-4-5-9(8-13)7-10(14)15/h4-5,9H,6-8H2,1-3H3,(H,14,15)/t9-/m0/s1. The van der Waals surface area contributed by atoms with Gasteiger partial charge in [0.05, 0.1) is 6.42 Å². The quantitative estimate of drug-likeness (QED) is 0.750. The van der Waals surface area contributed by atoms with Crippen LogP contribution in [-0.4, -0.2) is 40.8 Å². The van der Waals surface area contributed by atoms with Gasteiger partial charge in [0, 0.05) is 19.0 Å². The molecule has 0 radical (unpaired) electrons. The Kier molecular flexibility index (Phi) is 4.15. The van der Waals surface area contributed by atoms with Crippen LogP contribution in [0.5, 0.6) is 0 Å². The van der Waals surface area contributed by atoms with Gasteiger partial charge in [-0.2, -0.15) is 0 Å². The topological polar surface area (TPSA) is 66.8 Å². The number of aliphatic carboxylic acids is 1. The van der Waals surface area contributed by atoms with E-state index in [2.05, 4.69) is 0 Å². The summed E-state index contributed by atoms with van der Waals surface area (Å²) in [5.41, 5.74) is -0.527. The predicted octanol–water partition coefficient (Wildman–Crippen LogP) is 1.88. The van der Waals surface area contributed by atoms with Crippen molar-refractivity contribution in [3.8, 4) is 0 Å². The lowest BCUT2D eigenvalue weighted by Crippen LogP contribution is -2.41. The van der Waals surface area contributed by atoms with Crippen molar-refractivity contribution < 1.29 is 19.4 Å². The minimum absolute atomic E-state index is 0.0375. The van der Waals surface area contributed by atoms with Crippen molar-refractivity contribution in [3.05, 3.63) is 12.2 Å². The van der Waals surface area contributed by atoms with E-state index in [4.69, 9.17) is 9.84 Å². The van der Waals surface area contributed by atoms with Crippen LogP contribution in [0.15, 0.2) is 12.2 Å². The minimum Gasteiger partial charge on any atom is -0.481 e. The summed E-state index contributed by atoms with van der Waals surface area (Å²) in [5.74, 6) is -0.987. The third-order valence-corrected chi connectivity index (χ3v) is 2.28. The van der Waals surface area contributed by atoms with E-state index in [0.29, 0.717) is 13.1 Å². The summed E-state index contributed by atoms with van der Waals surface area (Å²) in [6, 6.07) is 0. The average molecular weight is 241 g/mol. The van der Waals surface area contributed by atoms with E-state index in [-0.39, 0.29) is 12.3 Å². The summed E-state index contributed by atoms with van der Waals surface area (Å²) in [4.78, 5) is 23.9. The second-order valence-corrected chi connectivity index (χ2v) is 5.17. The first kappa shape index (κ1) is 13.5. The molecule has 1 heterocycles. The van der Waals surface area contributed by atoms with E-state index < -0.39 is 17.7 Å². The second-order valence-electron chi connectivity index (χ2n) is 5.17. The highest BCUT2D eigenvalue weighted by molar-refractivity contribution is 5.70. The number of ether oxygens (including phenoxy) is 1. The molecule has 0 spiro atoms. The van der Waals surface area contributed by atoms with Crippen LogP contribution in [0.25, 0.3) is 0 Å². The van der Waals surface area contributed by atoms with Crippen molar-refractivity contribution in [2.45, 2.75) is 32.8 Å². The average Bonchev–Trinajstić information content (AvgIpc) is 2.14. The fraction of sp³-hybridized carbons (Fsp3) is 0.667. The molecule has 1 N–H and O–H groups in total. The van der Waals surface area contributed by atoms with Crippen molar-refractivity contribution in [1.29, 1.82) is 0 Å². The van der Waals surface area contributed by atoms with E-state index >= 15 is 0 Å². The molecule has 0 unspecified atom stereocenters. The molecule has 96 valence electrons. The Bertz CT molecular complexity index is 330. The Labute approximate surface area is 101 Å². The molecule has 1 atom stereocenters. The number of carboxylic acids is 1. The Morgan fingerprint density at radius 1 is 1.47 bits per heavy atom. The molecule has 0 bridgehead atoms. The summed E-state index contributed by atoms with van der Waals surface area (Å²) < 4.78 is 5.24. The van der Waals surface area contributed by atoms with Crippen LogP contribution >= 0.6 is 0 Å². The normalized spacial score (nSPS) is 20.2. The Morgan fingerprint density at radius 2 is 2.12 bits per heavy atom. The molecular formula is C12H19NO4. The first-order valence-electron chi connectivity index (χ1n) is 5.64. The number of carbonyl (C=O) groups excluding carboxylic acids is 1. The van der Waals surface area contributed by atoms with Gasteiger partial charge in [-0.25, -0.2) is 4.79 Å². The van der Waals surface area contributed by atoms with Crippen LogP contribution in [0.1, 0.15) is 27.2 Å². The lowest BCUT2D eigenvalue weighted by atomic mass is 10.0. The van der Waals surface area contributed by atoms with Crippen molar-refractivity contribution in [2.75, 3.05) is 13.1 Å². The van der Waals surface area contributed by atoms with Crippen LogP contribution in [-0.2, 0) is 9.53 Å². The van der Waals surface area contributed by atoms with E-state index in [1.807, 2.05) is 6.08 Å². The molecule has 1 aliphatic heterocycles. The van der Waals surface area contributed by atoms with Gasteiger partial charge in [0.15, 0.2) is 0 Å². The maximum absolute atomic E-state index is 11.8. The summed E-state index contributed by atoms with van der Waals surface area (Å²) >= 11 is 0. The van der Waals surface area contributed by atoms with Crippen molar-refractivity contribution in [1.82, 2.24) is 4.90 Å². The molecule has 5 nitrogen and oxygen atoms in total. The van der Waals surface area contributed by atoms with Gasteiger partial charge in [0.1, 0.15) is 5.60 Å². The first-order valence-corrected chi connectivity index (χ1v) is 5.64. The number of nitrogens with zero attached hydrogens (tertiary/aromatic N) is 1. The van der Waals surface area contributed by atoms with Gasteiger partial charge in [0.25, 0.3) is 0 Å². The SMILES string of the molecule is CC(C)(C)OC(=O)N1CC=C[C@@H](CC(=O)O)C1. The number of carboxylic acid groups (broad SMARTS) is 1. The molecule has 1 rings (SSSR count). The van der Waals surface area contributed by atoms with Crippen LogP contribution < -0.4 is 0 Å². The summed E-state index contributed by atoms with van der Waals surface area (Å²) in [6.45, 7) is 6.29. The van der Waals surface area contributed by atoms with Crippen molar-refractivity contribution in [2.24, 2.45) is 5.92 Å². The zero-order chi connectivity index (χ0) is 13.1. The molecule has 0 aromatic rings. The highest BCUT2D eigenvalue weighted by Gasteiger charge is 2.26. The molecule has 0 aliphatic carbocycles.